The zero-order valence-corrected chi connectivity index (χ0v) is 16.5. The van der Waals surface area contributed by atoms with Gasteiger partial charge in [0.2, 0.25) is 0 Å². The summed E-state index contributed by atoms with van der Waals surface area (Å²) in [5, 5.41) is 0.775. The van der Waals surface area contributed by atoms with Crippen molar-refractivity contribution in [3.8, 4) is 17.0 Å². The number of benzene rings is 2. The van der Waals surface area contributed by atoms with Crippen molar-refractivity contribution in [3.63, 3.8) is 0 Å². The molecule has 0 saturated carbocycles. The van der Waals surface area contributed by atoms with Crippen LogP contribution in [0, 0.1) is 5.82 Å². The molecule has 150 valence electrons. The fraction of sp³-hybridized carbons (Fsp3) is 0.125. The van der Waals surface area contributed by atoms with Crippen LogP contribution in [0.25, 0.3) is 22.2 Å². The summed E-state index contributed by atoms with van der Waals surface area (Å²) in [5.74, 6) is -0.407. The van der Waals surface area contributed by atoms with Crippen molar-refractivity contribution in [2.45, 2.75) is 0 Å². The topological polar surface area (TPSA) is 55.3 Å². The smallest absolute Gasteiger partial charge is 0.254 e. The zero-order chi connectivity index (χ0) is 20.9. The molecule has 2 heterocycles. The Hall–Kier alpha value is -3.80. The number of likely N-dealkylation sites (N-methyl/N-ethyl adjacent to an activating group) is 1. The predicted octanol–water partition coefficient (Wildman–Crippen LogP) is 4.59. The van der Waals surface area contributed by atoms with Crippen LogP contribution in [0.2, 0.25) is 0 Å². The van der Waals surface area contributed by atoms with Gasteiger partial charge in [-0.05, 0) is 36.4 Å². The van der Waals surface area contributed by atoms with Gasteiger partial charge in [0.05, 0.1) is 23.3 Å². The van der Waals surface area contributed by atoms with Crippen LogP contribution in [0.1, 0.15) is 10.4 Å². The number of hydrogen-bond acceptors (Lipinski definition) is 4. The molecule has 2 aromatic heterocycles. The van der Waals surface area contributed by atoms with Gasteiger partial charge in [0.1, 0.15) is 6.61 Å². The summed E-state index contributed by atoms with van der Waals surface area (Å²) in [6.07, 6.45) is 3.41. The summed E-state index contributed by atoms with van der Waals surface area (Å²) < 4.78 is 19.2. The molecule has 0 bridgehead atoms. The summed E-state index contributed by atoms with van der Waals surface area (Å²) in [5.41, 5.74) is 2.80. The van der Waals surface area contributed by atoms with Gasteiger partial charge in [-0.2, -0.15) is 0 Å². The molecule has 30 heavy (non-hydrogen) atoms. The van der Waals surface area contributed by atoms with Crippen LogP contribution in [0.3, 0.4) is 0 Å². The summed E-state index contributed by atoms with van der Waals surface area (Å²) in [6, 6.07) is 19.3. The number of pyridine rings is 2. The van der Waals surface area contributed by atoms with Crippen molar-refractivity contribution in [2.75, 3.05) is 20.2 Å². The lowest BCUT2D eigenvalue weighted by Crippen LogP contribution is -2.31. The molecule has 5 nitrogen and oxygen atoms in total. The fourth-order valence-corrected chi connectivity index (χ4v) is 3.18. The number of nitrogens with zero attached hydrogens (tertiary/aromatic N) is 3. The van der Waals surface area contributed by atoms with E-state index in [1.807, 2.05) is 36.4 Å². The van der Waals surface area contributed by atoms with Crippen LogP contribution >= 0.6 is 0 Å². The van der Waals surface area contributed by atoms with E-state index in [0.29, 0.717) is 17.8 Å². The number of hydrogen-bond donors (Lipinski definition) is 0. The van der Waals surface area contributed by atoms with Gasteiger partial charge in [0, 0.05) is 30.4 Å². The Morgan fingerprint density at radius 3 is 2.67 bits per heavy atom. The number of halogens is 1. The zero-order valence-electron chi connectivity index (χ0n) is 16.5. The molecule has 6 heteroatoms. The molecule has 4 aromatic rings. The Balaban J connectivity index is 1.58. The maximum absolute atomic E-state index is 13.7. The molecule has 0 fully saturated rings. The predicted molar refractivity (Wildman–Crippen MR) is 114 cm³/mol. The molecule has 1 amide bonds. The number of carbonyl (C=O) groups is 1. The molecule has 2 aromatic carbocycles. The first-order chi connectivity index (χ1) is 14.6. The van der Waals surface area contributed by atoms with Gasteiger partial charge >= 0.3 is 0 Å². The van der Waals surface area contributed by atoms with Crippen LogP contribution in [0.5, 0.6) is 5.75 Å². The highest BCUT2D eigenvalue weighted by Gasteiger charge is 2.17. The van der Waals surface area contributed by atoms with E-state index in [0.717, 1.165) is 16.5 Å². The van der Waals surface area contributed by atoms with E-state index >= 15 is 0 Å². The quantitative estimate of drug-likeness (QED) is 0.474. The summed E-state index contributed by atoms with van der Waals surface area (Å²) in [6.45, 7) is 0.494. The normalized spacial score (nSPS) is 10.7. The number of rotatable bonds is 6. The molecule has 0 N–H and O–H groups in total. The van der Waals surface area contributed by atoms with Crippen LogP contribution < -0.4 is 4.74 Å². The van der Waals surface area contributed by atoms with Gasteiger partial charge in [0.25, 0.3) is 5.91 Å². The molecular formula is C24H20FN3O2. The van der Waals surface area contributed by atoms with Crippen LogP contribution in [-0.4, -0.2) is 41.0 Å². The molecule has 0 unspecified atom stereocenters. The second kappa shape index (κ2) is 8.69. The van der Waals surface area contributed by atoms with E-state index in [4.69, 9.17) is 4.74 Å². The Morgan fingerprint density at radius 1 is 1.07 bits per heavy atom. The largest absolute Gasteiger partial charge is 0.489 e. The Kier molecular flexibility index (Phi) is 5.66. The van der Waals surface area contributed by atoms with E-state index in [9.17, 15) is 9.18 Å². The number of ether oxygens (including phenoxy) is 1. The van der Waals surface area contributed by atoms with Crippen molar-refractivity contribution >= 4 is 16.8 Å². The van der Waals surface area contributed by atoms with Crippen LogP contribution in [-0.2, 0) is 0 Å². The number of fused-ring (bicyclic) bond motifs is 1. The second-order valence-electron chi connectivity index (χ2n) is 6.82. The minimum atomic E-state index is -0.423. The number of amides is 1. The summed E-state index contributed by atoms with van der Waals surface area (Å²) in [7, 11) is 1.70. The molecular weight excluding hydrogens is 381 g/mol. The summed E-state index contributed by atoms with van der Waals surface area (Å²) >= 11 is 0. The van der Waals surface area contributed by atoms with E-state index in [2.05, 4.69) is 9.97 Å². The monoisotopic (exact) mass is 401 g/mol. The van der Waals surface area contributed by atoms with Gasteiger partial charge in [0.15, 0.2) is 11.6 Å². The number of aromatic nitrogens is 2. The first-order valence-electron chi connectivity index (χ1n) is 9.56. The first-order valence-corrected chi connectivity index (χ1v) is 9.56. The van der Waals surface area contributed by atoms with Gasteiger partial charge in [-0.25, -0.2) is 9.37 Å². The highest BCUT2D eigenvalue weighted by atomic mass is 19.1. The average molecular weight is 401 g/mol. The number of carbonyl (C=O) groups excluding carboxylic acids is 1. The number of para-hydroxylation sites is 2. The molecule has 0 atom stereocenters. The molecule has 0 aliphatic rings. The van der Waals surface area contributed by atoms with Crippen molar-refractivity contribution in [1.82, 2.24) is 14.9 Å². The van der Waals surface area contributed by atoms with Crippen molar-refractivity contribution < 1.29 is 13.9 Å². The van der Waals surface area contributed by atoms with E-state index in [1.54, 1.807) is 48.6 Å². The van der Waals surface area contributed by atoms with E-state index in [1.165, 1.54) is 6.07 Å². The lowest BCUT2D eigenvalue weighted by Gasteiger charge is -2.19. The summed E-state index contributed by atoms with van der Waals surface area (Å²) in [4.78, 5) is 23.6. The van der Waals surface area contributed by atoms with Crippen LogP contribution in [0.15, 0.2) is 79.1 Å². The van der Waals surface area contributed by atoms with E-state index < -0.39 is 5.82 Å². The lowest BCUT2D eigenvalue weighted by atomic mass is 10.0. The molecule has 4 rings (SSSR count). The third-order valence-electron chi connectivity index (χ3n) is 4.77. The van der Waals surface area contributed by atoms with Gasteiger partial charge < -0.3 is 9.64 Å². The third kappa shape index (κ3) is 4.12. The Morgan fingerprint density at radius 2 is 1.87 bits per heavy atom. The molecule has 0 saturated heterocycles. The standard InChI is InChI=1S/C24H20FN3O2/c1-28(13-14-30-23-11-5-3-9-20(23)25)24(29)19-15-22(17-7-6-12-26-16-17)27-21-10-4-2-8-18(19)21/h2-12,15-16H,13-14H2,1H3. The SMILES string of the molecule is CN(CCOc1ccccc1F)C(=O)c1cc(-c2cccnc2)nc2ccccc12. The maximum Gasteiger partial charge on any atom is 0.254 e. The maximum atomic E-state index is 13.7. The highest BCUT2D eigenvalue weighted by molar-refractivity contribution is 6.07. The van der Waals surface area contributed by atoms with Crippen LogP contribution in [0.4, 0.5) is 4.39 Å². The fourth-order valence-electron chi connectivity index (χ4n) is 3.18. The lowest BCUT2D eigenvalue weighted by molar-refractivity contribution is 0.0775. The molecule has 0 aliphatic heterocycles. The Labute approximate surface area is 173 Å². The van der Waals surface area contributed by atoms with Gasteiger partial charge in [-0.15, -0.1) is 0 Å². The molecule has 0 aliphatic carbocycles. The van der Waals surface area contributed by atoms with E-state index in [-0.39, 0.29) is 18.3 Å². The minimum Gasteiger partial charge on any atom is -0.489 e. The van der Waals surface area contributed by atoms with Gasteiger partial charge in [-0.3, -0.25) is 9.78 Å². The minimum absolute atomic E-state index is 0.157. The van der Waals surface area contributed by atoms with Crippen molar-refractivity contribution in [2.24, 2.45) is 0 Å². The second-order valence-corrected chi connectivity index (χ2v) is 6.82. The average Bonchev–Trinajstić information content (AvgIpc) is 2.79. The highest BCUT2D eigenvalue weighted by Crippen LogP contribution is 2.25. The first kappa shape index (κ1) is 19.5. The van der Waals surface area contributed by atoms with Crippen molar-refractivity contribution in [1.29, 1.82) is 0 Å². The molecule has 0 spiro atoms. The molecule has 0 radical (unpaired) electrons. The van der Waals surface area contributed by atoms with Gasteiger partial charge in [-0.1, -0.05) is 30.3 Å². The van der Waals surface area contributed by atoms with Crippen molar-refractivity contribution in [3.05, 3.63) is 90.5 Å². The third-order valence-corrected chi connectivity index (χ3v) is 4.77. The Bertz CT molecular complexity index is 1180.